The zero-order valence-electron chi connectivity index (χ0n) is 17.5. The highest BCUT2D eigenvalue weighted by Crippen LogP contribution is 2.44. The lowest BCUT2D eigenvalue weighted by molar-refractivity contribution is -0.123. The number of hydrogen-bond donors (Lipinski definition) is 2. The average Bonchev–Trinajstić information content (AvgIpc) is 2.70. The first-order valence-corrected chi connectivity index (χ1v) is 9.94. The number of benzene rings is 3. The van der Waals surface area contributed by atoms with Gasteiger partial charge in [0.1, 0.15) is 0 Å². The van der Waals surface area contributed by atoms with Crippen LogP contribution in [-0.4, -0.2) is 11.0 Å². The van der Waals surface area contributed by atoms with Crippen LogP contribution >= 0.6 is 0 Å². The van der Waals surface area contributed by atoms with Gasteiger partial charge in [-0.3, -0.25) is 4.79 Å². The van der Waals surface area contributed by atoms with E-state index in [1.807, 2.05) is 113 Å². The van der Waals surface area contributed by atoms with Crippen LogP contribution in [0.2, 0.25) is 0 Å². The molecular weight excluding hydrogens is 358 g/mol. The molecule has 0 saturated heterocycles. The van der Waals surface area contributed by atoms with E-state index >= 15 is 0 Å². The first-order valence-electron chi connectivity index (χ1n) is 9.94. The number of amides is 1. The molecule has 3 aromatic carbocycles. The van der Waals surface area contributed by atoms with Gasteiger partial charge in [0, 0.05) is 17.0 Å². The molecule has 0 spiro atoms. The highest BCUT2D eigenvalue weighted by Gasteiger charge is 2.37. The lowest BCUT2D eigenvalue weighted by atomic mass is 9.74. The van der Waals surface area contributed by atoms with E-state index in [2.05, 4.69) is 5.32 Å². The quantitative estimate of drug-likeness (QED) is 0.589. The molecule has 2 N–H and O–H groups in total. The lowest BCUT2D eigenvalue weighted by Gasteiger charge is -2.35. The Labute approximate surface area is 173 Å². The largest absolute Gasteiger partial charge is 0.384 e. The fourth-order valence-corrected chi connectivity index (χ4v) is 3.57. The fourth-order valence-electron chi connectivity index (χ4n) is 3.57. The van der Waals surface area contributed by atoms with Gasteiger partial charge in [0.25, 0.3) is 0 Å². The van der Waals surface area contributed by atoms with Gasteiger partial charge in [0.2, 0.25) is 5.91 Å². The van der Waals surface area contributed by atoms with Crippen LogP contribution < -0.4 is 5.32 Å². The van der Waals surface area contributed by atoms with Gasteiger partial charge in [-0.1, -0.05) is 99.6 Å². The number of carbonyl (C=O) groups is 1. The van der Waals surface area contributed by atoms with Gasteiger partial charge in [0.05, 0.1) is 5.60 Å². The van der Waals surface area contributed by atoms with E-state index in [-0.39, 0.29) is 11.8 Å². The minimum absolute atomic E-state index is 0.0592. The highest BCUT2D eigenvalue weighted by atomic mass is 16.3. The van der Waals surface area contributed by atoms with Gasteiger partial charge in [0.15, 0.2) is 0 Å². The molecule has 3 aromatic rings. The Morgan fingerprint density at radius 2 is 1.31 bits per heavy atom. The van der Waals surface area contributed by atoms with Crippen LogP contribution in [0.4, 0.5) is 5.69 Å². The number of carbonyl (C=O) groups excluding carboxylic acids is 1. The Bertz CT molecular complexity index is 957. The van der Waals surface area contributed by atoms with E-state index in [1.54, 1.807) is 0 Å². The van der Waals surface area contributed by atoms with Gasteiger partial charge >= 0.3 is 0 Å². The summed E-state index contributed by atoms with van der Waals surface area (Å²) in [5, 5.41) is 14.8. The summed E-state index contributed by atoms with van der Waals surface area (Å²) in [6.45, 7) is 7.50. The summed E-state index contributed by atoms with van der Waals surface area (Å²) in [6, 6.07) is 27.3. The summed E-state index contributed by atoms with van der Waals surface area (Å²) < 4.78 is 0. The highest BCUT2D eigenvalue weighted by molar-refractivity contribution is 5.95. The van der Waals surface area contributed by atoms with Gasteiger partial charge < -0.3 is 10.4 Å². The van der Waals surface area contributed by atoms with Crippen LogP contribution in [0.1, 0.15) is 50.3 Å². The molecule has 0 saturated carbocycles. The maximum absolute atomic E-state index is 12.7. The van der Waals surface area contributed by atoms with Gasteiger partial charge in [-0.15, -0.1) is 0 Å². The van der Waals surface area contributed by atoms with Crippen LogP contribution in [0, 0.1) is 5.41 Å². The number of para-hydroxylation sites is 1. The van der Waals surface area contributed by atoms with Gasteiger partial charge in [-0.05, 0) is 29.7 Å². The van der Waals surface area contributed by atoms with E-state index in [0.717, 1.165) is 22.4 Å². The normalized spacial score (nSPS) is 14.7. The smallest absolute Gasteiger partial charge is 0.229 e. The van der Waals surface area contributed by atoms with Gasteiger partial charge in [-0.25, -0.2) is 0 Å². The minimum Gasteiger partial charge on any atom is -0.384 e. The standard InChI is InChI=1S/C26H29NO2/c1-25(2,3)24(28)27-22-18-12-11-17-21(22)23(19-13-7-5-8-14-19)26(4,29)20-15-9-6-10-16-20/h5-18,23,29H,1-4H3,(H,27,28)/t23-,26?/m0/s1. The second kappa shape index (κ2) is 8.22. The molecular formula is C26H29NO2. The summed E-state index contributed by atoms with van der Waals surface area (Å²) in [6.07, 6.45) is 0. The molecule has 0 aliphatic heterocycles. The van der Waals surface area contributed by atoms with Gasteiger partial charge in [-0.2, -0.15) is 0 Å². The Hall–Kier alpha value is -2.91. The van der Waals surface area contributed by atoms with Crippen LogP contribution in [0.15, 0.2) is 84.9 Å². The molecule has 0 radical (unpaired) electrons. The van der Waals surface area contributed by atoms with E-state index in [1.165, 1.54) is 0 Å². The SMILES string of the molecule is CC(C)(C)C(=O)Nc1ccccc1[C@H](c1ccccc1)C(C)(O)c1ccccc1. The maximum Gasteiger partial charge on any atom is 0.229 e. The van der Waals surface area contributed by atoms with Crippen LogP contribution in [0.3, 0.4) is 0 Å². The zero-order chi connectivity index (χ0) is 21.1. The average molecular weight is 388 g/mol. The van der Waals surface area contributed by atoms with Crippen molar-refractivity contribution in [3.05, 3.63) is 102 Å². The molecule has 1 unspecified atom stereocenters. The number of rotatable bonds is 5. The van der Waals surface area contributed by atoms with Crippen molar-refractivity contribution in [2.45, 2.75) is 39.2 Å². The van der Waals surface area contributed by atoms with E-state index in [9.17, 15) is 9.90 Å². The molecule has 0 bridgehead atoms. The van der Waals surface area contributed by atoms with Crippen molar-refractivity contribution in [3.8, 4) is 0 Å². The molecule has 3 nitrogen and oxygen atoms in total. The summed E-state index contributed by atoms with van der Waals surface area (Å²) in [5.74, 6) is -0.418. The molecule has 0 fully saturated rings. The monoisotopic (exact) mass is 387 g/mol. The van der Waals surface area contributed by atoms with Crippen molar-refractivity contribution in [2.75, 3.05) is 5.32 Å². The molecule has 0 heterocycles. The third kappa shape index (κ3) is 4.57. The maximum atomic E-state index is 12.7. The number of nitrogens with one attached hydrogen (secondary N) is 1. The van der Waals surface area contributed by atoms with Crippen molar-refractivity contribution >= 4 is 11.6 Å². The molecule has 0 aliphatic rings. The number of aliphatic hydroxyl groups is 1. The van der Waals surface area contributed by atoms with Crippen LogP contribution in [0.5, 0.6) is 0 Å². The van der Waals surface area contributed by atoms with Crippen LogP contribution in [0.25, 0.3) is 0 Å². The second-order valence-corrected chi connectivity index (χ2v) is 8.65. The van der Waals surface area contributed by atoms with E-state index < -0.39 is 11.0 Å². The van der Waals surface area contributed by atoms with Crippen molar-refractivity contribution in [3.63, 3.8) is 0 Å². The molecule has 2 atom stereocenters. The number of hydrogen-bond acceptors (Lipinski definition) is 2. The molecule has 3 heteroatoms. The molecule has 3 rings (SSSR count). The fraction of sp³-hybridized carbons (Fsp3) is 0.269. The van der Waals surface area contributed by atoms with E-state index in [4.69, 9.17) is 0 Å². The summed E-state index contributed by atoms with van der Waals surface area (Å²) in [5.41, 5.74) is 1.72. The third-order valence-corrected chi connectivity index (χ3v) is 5.25. The number of anilines is 1. The Balaban J connectivity index is 2.15. The molecule has 0 aromatic heterocycles. The Morgan fingerprint density at radius 3 is 1.90 bits per heavy atom. The van der Waals surface area contributed by atoms with Crippen LogP contribution in [-0.2, 0) is 10.4 Å². The predicted molar refractivity (Wildman–Crippen MR) is 119 cm³/mol. The van der Waals surface area contributed by atoms with Crippen molar-refractivity contribution in [2.24, 2.45) is 5.41 Å². The summed E-state index contributed by atoms with van der Waals surface area (Å²) >= 11 is 0. The Morgan fingerprint density at radius 1 is 0.793 bits per heavy atom. The minimum atomic E-state index is -1.18. The van der Waals surface area contributed by atoms with E-state index in [0.29, 0.717) is 0 Å². The predicted octanol–water partition coefficient (Wildman–Crippen LogP) is 5.71. The first kappa shape index (κ1) is 20.8. The molecule has 29 heavy (non-hydrogen) atoms. The third-order valence-electron chi connectivity index (χ3n) is 5.25. The molecule has 1 amide bonds. The summed E-state index contributed by atoms with van der Waals surface area (Å²) in [7, 11) is 0. The lowest BCUT2D eigenvalue weighted by Crippen LogP contribution is -2.33. The summed E-state index contributed by atoms with van der Waals surface area (Å²) in [4.78, 5) is 12.7. The van der Waals surface area contributed by atoms with Crippen molar-refractivity contribution in [1.29, 1.82) is 0 Å². The van der Waals surface area contributed by atoms with Crippen molar-refractivity contribution < 1.29 is 9.90 Å². The molecule has 150 valence electrons. The van der Waals surface area contributed by atoms with Crippen molar-refractivity contribution in [1.82, 2.24) is 0 Å². The molecule has 0 aliphatic carbocycles. The first-order chi connectivity index (χ1) is 13.7. The Kier molecular flexibility index (Phi) is 5.90. The second-order valence-electron chi connectivity index (χ2n) is 8.65. The topological polar surface area (TPSA) is 49.3 Å². The zero-order valence-corrected chi connectivity index (χ0v) is 17.5.